The van der Waals surface area contributed by atoms with Crippen LogP contribution in [0, 0.1) is 0 Å². The van der Waals surface area contributed by atoms with Crippen LogP contribution < -0.4 is 10.2 Å². The van der Waals surface area contributed by atoms with Crippen LogP contribution in [0.3, 0.4) is 0 Å². The average molecular weight is 473 g/mol. The summed E-state index contributed by atoms with van der Waals surface area (Å²) in [4.78, 5) is 14.5. The van der Waals surface area contributed by atoms with E-state index >= 15 is 0 Å². The molecule has 33 heavy (non-hydrogen) atoms. The lowest BCUT2D eigenvalue weighted by Gasteiger charge is -2.28. The minimum atomic E-state index is -4.40. The van der Waals surface area contributed by atoms with Gasteiger partial charge in [-0.3, -0.25) is 4.79 Å². The van der Waals surface area contributed by atoms with E-state index in [2.05, 4.69) is 32.5 Å². The molecule has 0 atom stereocenters. The number of amides is 1. The zero-order chi connectivity index (χ0) is 23.3. The number of anilines is 2. The van der Waals surface area contributed by atoms with Gasteiger partial charge in [-0.25, -0.2) is 0 Å². The number of nitrogens with zero attached hydrogens (tertiary/aromatic N) is 3. The van der Waals surface area contributed by atoms with Gasteiger partial charge in [0.25, 0.3) is 0 Å². The first-order valence-electron chi connectivity index (χ1n) is 10.7. The maximum atomic E-state index is 12.6. The molecule has 0 spiro atoms. The molecule has 5 nitrogen and oxygen atoms in total. The molecule has 2 heterocycles. The maximum Gasteiger partial charge on any atom is 0.416 e. The molecule has 1 aliphatic rings. The van der Waals surface area contributed by atoms with E-state index in [1.54, 1.807) is 6.07 Å². The Kier molecular flexibility index (Phi) is 7.17. The summed E-state index contributed by atoms with van der Waals surface area (Å²) in [7, 11) is 0. The van der Waals surface area contributed by atoms with Crippen LogP contribution in [-0.2, 0) is 11.0 Å². The number of benzene rings is 2. The first-order valence-corrected chi connectivity index (χ1v) is 11.7. The largest absolute Gasteiger partial charge is 0.416 e. The van der Waals surface area contributed by atoms with Crippen molar-refractivity contribution in [2.24, 2.45) is 0 Å². The average Bonchev–Trinajstić information content (AvgIpc) is 2.84. The zero-order valence-electron chi connectivity index (χ0n) is 17.8. The lowest BCUT2D eigenvalue weighted by molar-refractivity contribution is -0.137. The van der Waals surface area contributed by atoms with Crippen molar-refractivity contribution in [3.05, 3.63) is 66.2 Å². The number of rotatable bonds is 6. The van der Waals surface area contributed by atoms with Crippen LogP contribution in [0.5, 0.6) is 0 Å². The molecule has 0 radical (unpaired) electrons. The Morgan fingerprint density at radius 2 is 1.61 bits per heavy atom. The molecular formula is C24H23F3N4OS. The molecule has 9 heteroatoms. The van der Waals surface area contributed by atoms with Crippen molar-refractivity contribution in [3.63, 3.8) is 0 Å². The monoisotopic (exact) mass is 472 g/mol. The van der Waals surface area contributed by atoms with Crippen LogP contribution in [0.15, 0.2) is 65.7 Å². The summed E-state index contributed by atoms with van der Waals surface area (Å²) < 4.78 is 37.9. The second-order valence-corrected chi connectivity index (χ2v) is 8.76. The third-order valence-electron chi connectivity index (χ3n) is 5.37. The lowest BCUT2D eigenvalue weighted by atomic mass is 10.1. The third kappa shape index (κ3) is 6.25. The van der Waals surface area contributed by atoms with Gasteiger partial charge in [0.1, 0.15) is 5.03 Å². The highest BCUT2D eigenvalue weighted by Crippen LogP contribution is 2.30. The van der Waals surface area contributed by atoms with Crippen molar-refractivity contribution in [2.75, 3.05) is 29.1 Å². The van der Waals surface area contributed by atoms with Gasteiger partial charge < -0.3 is 10.2 Å². The first kappa shape index (κ1) is 23.1. The summed E-state index contributed by atoms with van der Waals surface area (Å²) in [5.41, 5.74) is 2.49. The molecule has 1 fully saturated rings. The van der Waals surface area contributed by atoms with Crippen LogP contribution >= 0.6 is 11.8 Å². The number of aromatic nitrogens is 2. The third-order valence-corrected chi connectivity index (χ3v) is 6.29. The van der Waals surface area contributed by atoms with Crippen molar-refractivity contribution >= 4 is 29.0 Å². The highest BCUT2D eigenvalue weighted by Gasteiger charge is 2.30. The van der Waals surface area contributed by atoms with Gasteiger partial charge in [0.15, 0.2) is 0 Å². The van der Waals surface area contributed by atoms with Gasteiger partial charge in [-0.15, -0.1) is 10.2 Å². The Morgan fingerprint density at radius 1 is 0.909 bits per heavy atom. The smallest absolute Gasteiger partial charge is 0.372 e. The summed E-state index contributed by atoms with van der Waals surface area (Å²) in [5.74, 6) is -0.265. The Morgan fingerprint density at radius 3 is 2.21 bits per heavy atom. The van der Waals surface area contributed by atoms with E-state index < -0.39 is 11.7 Å². The molecule has 1 aliphatic heterocycles. The van der Waals surface area contributed by atoms with Crippen molar-refractivity contribution in [3.8, 4) is 11.3 Å². The molecular weight excluding hydrogens is 449 g/mol. The minimum Gasteiger partial charge on any atom is -0.372 e. The quantitative estimate of drug-likeness (QED) is 0.454. The first-order chi connectivity index (χ1) is 15.9. The van der Waals surface area contributed by atoms with Gasteiger partial charge in [0, 0.05) is 30.0 Å². The van der Waals surface area contributed by atoms with Gasteiger partial charge in [-0.05, 0) is 67.8 Å². The highest BCUT2D eigenvalue weighted by molar-refractivity contribution is 7.99. The van der Waals surface area contributed by atoms with E-state index in [4.69, 9.17) is 0 Å². The van der Waals surface area contributed by atoms with Crippen molar-refractivity contribution in [1.82, 2.24) is 10.2 Å². The van der Waals surface area contributed by atoms with E-state index in [1.165, 1.54) is 48.8 Å². The number of hydrogen-bond acceptors (Lipinski definition) is 5. The molecule has 1 N–H and O–H groups in total. The molecule has 1 amide bonds. The SMILES string of the molecule is O=C(CSc1ccc(-c2ccc(N3CCCCC3)cc2)nn1)Nc1ccc(C(F)(F)F)cc1. The summed E-state index contributed by atoms with van der Waals surface area (Å²) >= 11 is 1.21. The summed E-state index contributed by atoms with van der Waals surface area (Å²) in [6.07, 6.45) is -0.646. The number of hydrogen-bond donors (Lipinski definition) is 1. The molecule has 0 bridgehead atoms. The van der Waals surface area contributed by atoms with E-state index in [-0.39, 0.29) is 11.7 Å². The Balaban J connectivity index is 1.29. The molecule has 0 aliphatic carbocycles. The van der Waals surface area contributed by atoms with E-state index in [1.807, 2.05) is 18.2 Å². The molecule has 1 saturated heterocycles. The highest BCUT2D eigenvalue weighted by atomic mass is 32.2. The summed E-state index contributed by atoms with van der Waals surface area (Å²) in [6.45, 7) is 2.19. The number of alkyl halides is 3. The van der Waals surface area contributed by atoms with Gasteiger partial charge >= 0.3 is 6.18 Å². The van der Waals surface area contributed by atoms with Crippen LogP contribution in [0.25, 0.3) is 11.3 Å². The van der Waals surface area contributed by atoms with Gasteiger partial charge in [0.05, 0.1) is 17.0 Å². The molecule has 4 rings (SSSR count). The fraction of sp³-hybridized carbons (Fsp3) is 0.292. The number of thioether (sulfide) groups is 1. The second kappa shape index (κ2) is 10.2. The number of piperidine rings is 1. The van der Waals surface area contributed by atoms with Crippen LogP contribution in [0.2, 0.25) is 0 Å². The standard InChI is InChI=1S/C24H23F3N4OS/c25-24(26,27)18-6-8-19(9-7-18)28-22(32)16-33-23-13-12-21(29-30-23)17-4-10-20(11-5-17)31-14-2-1-3-15-31/h4-13H,1-3,14-16H2,(H,28,32). The second-order valence-electron chi connectivity index (χ2n) is 7.76. The Hall–Kier alpha value is -3.07. The van der Waals surface area contributed by atoms with Crippen molar-refractivity contribution in [1.29, 1.82) is 0 Å². The van der Waals surface area contributed by atoms with E-state index in [0.717, 1.165) is 36.5 Å². The van der Waals surface area contributed by atoms with Crippen LogP contribution in [-0.4, -0.2) is 34.9 Å². The van der Waals surface area contributed by atoms with Crippen molar-refractivity contribution in [2.45, 2.75) is 30.5 Å². The molecule has 172 valence electrons. The number of carbonyl (C=O) groups excluding carboxylic acids is 1. The Labute approximate surface area is 194 Å². The number of halogens is 3. The van der Waals surface area contributed by atoms with Gasteiger partial charge in [-0.2, -0.15) is 13.2 Å². The van der Waals surface area contributed by atoms with Gasteiger partial charge in [0.2, 0.25) is 5.91 Å². The van der Waals surface area contributed by atoms with Crippen LogP contribution in [0.1, 0.15) is 24.8 Å². The molecule has 0 saturated carbocycles. The lowest BCUT2D eigenvalue weighted by Crippen LogP contribution is -2.29. The van der Waals surface area contributed by atoms with E-state index in [9.17, 15) is 18.0 Å². The molecule has 3 aromatic rings. The maximum absolute atomic E-state index is 12.6. The fourth-order valence-corrected chi connectivity index (χ4v) is 4.24. The fourth-order valence-electron chi connectivity index (χ4n) is 3.63. The minimum absolute atomic E-state index is 0.0690. The van der Waals surface area contributed by atoms with Crippen LogP contribution in [0.4, 0.5) is 24.5 Å². The summed E-state index contributed by atoms with van der Waals surface area (Å²) in [6, 6.07) is 16.3. The normalized spacial score (nSPS) is 14.2. The van der Waals surface area contributed by atoms with E-state index in [0.29, 0.717) is 10.7 Å². The summed E-state index contributed by atoms with van der Waals surface area (Å²) in [5, 5.41) is 11.6. The predicted octanol–water partition coefficient (Wildman–Crippen LogP) is 5.88. The topological polar surface area (TPSA) is 58.1 Å². The number of carbonyl (C=O) groups is 1. The molecule has 2 aromatic carbocycles. The zero-order valence-corrected chi connectivity index (χ0v) is 18.6. The molecule has 0 unspecified atom stereocenters. The van der Waals surface area contributed by atoms with Gasteiger partial charge in [-0.1, -0.05) is 23.9 Å². The Bertz CT molecular complexity index is 1060. The predicted molar refractivity (Wildman–Crippen MR) is 124 cm³/mol. The molecule has 1 aromatic heterocycles. The van der Waals surface area contributed by atoms with Crippen molar-refractivity contribution < 1.29 is 18.0 Å². The number of nitrogens with one attached hydrogen (secondary N) is 1.